The van der Waals surface area contributed by atoms with Gasteiger partial charge in [0.05, 0.1) is 5.41 Å². The Kier molecular flexibility index (Phi) is 3.54. The molecule has 1 aliphatic rings. The Balaban J connectivity index is 2.40. The first-order chi connectivity index (χ1) is 8.12. The molecule has 0 aliphatic heterocycles. The average molecular weight is 298 g/mol. The van der Waals surface area contributed by atoms with Gasteiger partial charge in [-0.05, 0) is 24.5 Å². The number of hydrogen-bond donors (Lipinski definition) is 2. The third-order valence-electron chi connectivity index (χ3n) is 3.86. The van der Waals surface area contributed by atoms with E-state index in [1.807, 2.05) is 24.3 Å². The number of halogens is 1. The summed E-state index contributed by atoms with van der Waals surface area (Å²) >= 11 is 3.48. The van der Waals surface area contributed by atoms with E-state index in [1.165, 1.54) is 0 Å². The highest BCUT2D eigenvalue weighted by Gasteiger charge is 2.50. The number of nitrogens with two attached hydrogens (primary N) is 1. The van der Waals surface area contributed by atoms with E-state index >= 15 is 0 Å². The van der Waals surface area contributed by atoms with Crippen LogP contribution in [0.25, 0.3) is 0 Å². The molecular formula is C13H16BrNO2. The summed E-state index contributed by atoms with van der Waals surface area (Å²) in [5, 5.41) is 9.47. The number of rotatable bonds is 4. The highest BCUT2D eigenvalue weighted by molar-refractivity contribution is 9.10. The number of benzene rings is 1. The largest absolute Gasteiger partial charge is 0.481 e. The van der Waals surface area contributed by atoms with Gasteiger partial charge in [0.25, 0.3) is 0 Å². The lowest BCUT2D eigenvalue weighted by Crippen LogP contribution is -2.46. The van der Waals surface area contributed by atoms with Crippen molar-refractivity contribution >= 4 is 21.9 Å². The lowest BCUT2D eigenvalue weighted by Gasteiger charge is -2.44. The Morgan fingerprint density at radius 3 is 2.53 bits per heavy atom. The minimum atomic E-state index is -0.713. The number of carbonyl (C=O) groups is 1. The van der Waals surface area contributed by atoms with E-state index in [1.54, 1.807) is 0 Å². The second kappa shape index (κ2) is 4.78. The molecule has 0 heterocycles. The molecule has 1 atom stereocenters. The first-order valence-electron chi connectivity index (χ1n) is 5.80. The van der Waals surface area contributed by atoms with Crippen molar-refractivity contribution in [2.75, 3.05) is 6.54 Å². The van der Waals surface area contributed by atoms with Gasteiger partial charge in [-0.3, -0.25) is 4.79 Å². The van der Waals surface area contributed by atoms with Crippen LogP contribution in [0.1, 0.15) is 30.7 Å². The predicted octanol–water partition coefficient (Wildman–Crippen LogP) is 2.75. The van der Waals surface area contributed by atoms with Crippen LogP contribution in [0.5, 0.6) is 0 Å². The van der Waals surface area contributed by atoms with Crippen LogP contribution in [0.3, 0.4) is 0 Å². The standard InChI is InChI=1S/C13H16BrNO2/c14-11-5-2-1-4-9(11)10(8-15)13(12(16)17)6-3-7-13/h1-2,4-5,10H,3,6-8,15H2,(H,16,17). The summed E-state index contributed by atoms with van der Waals surface area (Å²) in [6, 6.07) is 7.75. The van der Waals surface area contributed by atoms with E-state index in [9.17, 15) is 9.90 Å². The molecule has 17 heavy (non-hydrogen) atoms. The molecule has 1 aromatic rings. The van der Waals surface area contributed by atoms with E-state index in [0.29, 0.717) is 6.54 Å². The minimum absolute atomic E-state index is 0.107. The van der Waals surface area contributed by atoms with Crippen LogP contribution in [0.2, 0.25) is 0 Å². The zero-order valence-electron chi connectivity index (χ0n) is 9.53. The quantitative estimate of drug-likeness (QED) is 0.898. The van der Waals surface area contributed by atoms with Gasteiger partial charge in [0.2, 0.25) is 0 Å². The SMILES string of the molecule is NCC(c1ccccc1Br)C1(C(=O)O)CCC1. The van der Waals surface area contributed by atoms with Crippen LogP contribution in [-0.4, -0.2) is 17.6 Å². The van der Waals surface area contributed by atoms with Gasteiger partial charge >= 0.3 is 5.97 Å². The predicted molar refractivity (Wildman–Crippen MR) is 69.9 cm³/mol. The highest BCUT2D eigenvalue weighted by atomic mass is 79.9. The number of aliphatic carboxylic acids is 1. The van der Waals surface area contributed by atoms with Crippen molar-refractivity contribution < 1.29 is 9.90 Å². The molecule has 1 aromatic carbocycles. The summed E-state index contributed by atoms with van der Waals surface area (Å²) in [6.45, 7) is 0.370. The first-order valence-corrected chi connectivity index (χ1v) is 6.59. The van der Waals surface area contributed by atoms with E-state index in [4.69, 9.17) is 5.73 Å². The van der Waals surface area contributed by atoms with Gasteiger partial charge in [-0.25, -0.2) is 0 Å². The summed E-state index contributed by atoms with van der Waals surface area (Å²) in [4.78, 5) is 11.5. The van der Waals surface area contributed by atoms with Gasteiger partial charge < -0.3 is 10.8 Å². The topological polar surface area (TPSA) is 63.3 Å². The van der Waals surface area contributed by atoms with Crippen molar-refractivity contribution in [3.05, 3.63) is 34.3 Å². The fraction of sp³-hybridized carbons (Fsp3) is 0.462. The third-order valence-corrected chi connectivity index (χ3v) is 4.58. The zero-order valence-corrected chi connectivity index (χ0v) is 11.1. The molecule has 0 saturated heterocycles. The summed E-state index contributed by atoms with van der Waals surface area (Å²) < 4.78 is 0.947. The number of carboxylic acid groups (broad SMARTS) is 1. The molecule has 1 unspecified atom stereocenters. The molecule has 0 spiro atoms. The fourth-order valence-corrected chi connectivity index (χ4v) is 3.24. The molecule has 0 aromatic heterocycles. The van der Waals surface area contributed by atoms with Gasteiger partial charge in [-0.15, -0.1) is 0 Å². The van der Waals surface area contributed by atoms with E-state index in [2.05, 4.69) is 15.9 Å². The second-order valence-corrected chi connectivity index (χ2v) is 5.48. The molecule has 3 N–H and O–H groups in total. The van der Waals surface area contributed by atoms with Gasteiger partial charge in [-0.1, -0.05) is 40.5 Å². The minimum Gasteiger partial charge on any atom is -0.481 e. The first kappa shape index (κ1) is 12.6. The molecule has 1 fully saturated rings. The average Bonchev–Trinajstić information content (AvgIpc) is 2.24. The molecule has 0 radical (unpaired) electrons. The summed E-state index contributed by atoms with van der Waals surface area (Å²) in [5.74, 6) is -0.820. The van der Waals surface area contributed by atoms with E-state index in [0.717, 1.165) is 29.3 Å². The van der Waals surface area contributed by atoms with Crippen molar-refractivity contribution in [2.45, 2.75) is 25.2 Å². The molecule has 0 bridgehead atoms. The van der Waals surface area contributed by atoms with Crippen molar-refractivity contribution in [3.8, 4) is 0 Å². The number of carboxylic acids is 1. The summed E-state index contributed by atoms with van der Waals surface area (Å²) in [5.41, 5.74) is 6.18. The van der Waals surface area contributed by atoms with Crippen molar-refractivity contribution in [1.29, 1.82) is 0 Å². The molecule has 1 saturated carbocycles. The normalized spacial score (nSPS) is 19.4. The van der Waals surface area contributed by atoms with Gasteiger partial charge in [-0.2, -0.15) is 0 Å². The Bertz CT molecular complexity index is 429. The van der Waals surface area contributed by atoms with Crippen molar-refractivity contribution in [2.24, 2.45) is 11.1 Å². The van der Waals surface area contributed by atoms with E-state index in [-0.39, 0.29) is 5.92 Å². The fourth-order valence-electron chi connectivity index (χ4n) is 2.68. The molecule has 0 amide bonds. The monoisotopic (exact) mass is 297 g/mol. The lowest BCUT2D eigenvalue weighted by atomic mass is 9.59. The van der Waals surface area contributed by atoms with Crippen LogP contribution < -0.4 is 5.73 Å². The Hall–Kier alpha value is -0.870. The second-order valence-electron chi connectivity index (χ2n) is 4.62. The van der Waals surface area contributed by atoms with Gasteiger partial charge in [0, 0.05) is 16.9 Å². The van der Waals surface area contributed by atoms with Crippen molar-refractivity contribution in [1.82, 2.24) is 0 Å². The van der Waals surface area contributed by atoms with Crippen molar-refractivity contribution in [3.63, 3.8) is 0 Å². The Labute approximate surface area is 109 Å². The Morgan fingerprint density at radius 1 is 1.47 bits per heavy atom. The summed E-state index contributed by atoms with van der Waals surface area (Å²) in [7, 11) is 0. The maximum absolute atomic E-state index is 11.5. The molecular weight excluding hydrogens is 282 g/mol. The molecule has 2 rings (SSSR count). The van der Waals surface area contributed by atoms with Crippen LogP contribution in [0.4, 0.5) is 0 Å². The summed E-state index contributed by atoms with van der Waals surface area (Å²) in [6.07, 6.45) is 2.43. The lowest BCUT2D eigenvalue weighted by molar-refractivity contribution is -0.156. The maximum atomic E-state index is 11.5. The van der Waals surface area contributed by atoms with Crippen LogP contribution in [0.15, 0.2) is 28.7 Å². The van der Waals surface area contributed by atoms with Gasteiger partial charge in [0.1, 0.15) is 0 Å². The molecule has 1 aliphatic carbocycles. The Morgan fingerprint density at radius 2 is 2.12 bits per heavy atom. The number of hydrogen-bond acceptors (Lipinski definition) is 2. The smallest absolute Gasteiger partial charge is 0.310 e. The zero-order chi connectivity index (χ0) is 12.5. The van der Waals surface area contributed by atoms with Crippen LogP contribution >= 0.6 is 15.9 Å². The van der Waals surface area contributed by atoms with Gasteiger partial charge in [0.15, 0.2) is 0 Å². The molecule has 4 heteroatoms. The maximum Gasteiger partial charge on any atom is 0.310 e. The molecule has 92 valence electrons. The highest BCUT2D eigenvalue weighted by Crippen LogP contribution is 2.52. The van der Waals surface area contributed by atoms with E-state index < -0.39 is 11.4 Å². The van der Waals surface area contributed by atoms with Crippen LogP contribution in [-0.2, 0) is 4.79 Å². The molecule has 3 nitrogen and oxygen atoms in total. The van der Waals surface area contributed by atoms with Crippen LogP contribution in [0, 0.1) is 5.41 Å². The third kappa shape index (κ3) is 2.00.